The van der Waals surface area contributed by atoms with Crippen molar-refractivity contribution in [2.45, 2.75) is 79.1 Å². The molecule has 0 aromatic heterocycles. The van der Waals surface area contributed by atoms with Crippen molar-refractivity contribution in [2.75, 3.05) is 6.61 Å². The quantitative estimate of drug-likeness (QED) is 0.206. The van der Waals surface area contributed by atoms with E-state index in [-0.39, 0.29) is 6.61 Å². The van der Waals surface area contributed by atoms with Gasteiger partial charge >= 0.3 is 15.6 Å². The second-order valence-electron chi connectivity index (χ2n) is 6.65. The highest BCUT2D eigenvalue weighted by Crippen LogP contribution is 2.57. The molecule has 3 N–H and O–H groups in total. The summed E-state index contributed by atoms with van der Waals surface area (Å²) in [5.74, 6) is 0. The molecule has 0 rings (SSSR count). The number of hydrogen-bond donors (Lipinski definition) is 3. The number of allylic oxidation sites excluding steroid dienone is 5. The van der Waals surface area contributed by atoms with Gasteiger partial charge < -0.3 is 14.7 Å². The fraction of sp³-hybridized carbons (Fsp3) is 0.684. The Hall–Kier alpha value is -0.520. The summed E-state index contributed by atoms with van der Waals surface area (Å²) in [7, 11) is -9.86. The Bertz CT molecular complexity index is 632. The van der Waals surface area contributed by atoms with Crippen molar-refractivity contribution in [1.29, 1.82) is 0 Å². The molecule has 164 valence electrons. The van der Waals surface area contributed by atoms with Crippen molar-refractivity contribution in [3.05, 3.63) is 34.9 Å². The van der Waals surface area contributed by atoms with Gasteiger partial charge in [-0.25, -0.2) is 9.13 Å². The predicted molar refractivity (Wildman–Crippen MR) is 113 cm³/mol. The van der Waals surface area contributed by atoms with Gasteiger partial charge in [0.15, 0.2) is 0 Å². The van der Waals surface area contributed by atoms with Gasteiger partial charge in [-0.05, 0) is 51.9 Å². The van der Waals surface area contributed by atoms with E-state index in [0.29, 0.717) is 0 Å². The van der Waals surface area contributed by atoms with E-state index in [1.165, 1.54) is 17.6 Å². The Morgan fingerprint density at radius 3 is 1.89 bits per heavy atom. The third-order valence-electron chi connectivity index (χ3n) is 4.23. The van der Waals surface area contributed by atoms with Gasteiger partial charge in [0.05, 0.1) is 6.61 Å². The number of phosphoric acid groups is 2. The molecule has 0 spiro atoms. The molecule has 0 radical (unpaired) electrons. The van der Waals surface area contributed by atoms with E-state index in [0.717, 1.165) is 50.5 Å². The van der Waals surface area contributed by atoms with E-state index in [9.17, 15) is 14.0 Å². The van der Waals surface area contributed by atoms with Crippen LogP contribution in [0.1, 0.15) is 79.1 Å². The zero-order chi connectivity index (χ0) is 21.6. The lowest BCUT2D eigenvalue weighted by Gasteiger charge is -2.11. The van der Waals surface area contributed by atoms with E-state index in [1.54, 1.807) is 6.08 Å². The zero-order valence-electron chi connectivity index (χ0n) is 17.5. The SMILES string of the molecule is CCC/C(C)=C/CC/C(=C/CC/C(=C/COP(=O)(O)OP(=O)(O)O)CC)CC. The topological polar surface area (TPSA) is 113 Å². The summed E-state index contributed by atoms with van der Waals surface area (Å²) in [4.78, 5) is 26.4. The molecule has 0 aliphatic carbocycles. The van der Waals surface area contributed by atoms with E-state index in [2.05, 4.69) is 41.8 Å². The lowest BCUT2D eigenvalue weighted by molar-refractivity contribution is 0.191. The van der Waals surface area contributed by atoms with E-state index in [4.69, 9.17) is 9.79 Å². The largest absolute Gasteiger partial charge is 0.481 e. The molecule has 7 nitrogen and oxygen atoms in total. The predicted octanol–water partition coefficient (Wildman–Crippen LogP) is 6.19. The van der Waals surface area contributed by atoms with Crippen LogP contribution in [0, 0.1) is 0 Å². The lowest BCUT2D eigenvalue weighted by atomic mass is 10.0. The molecule has 0 amide bonds. The monoisotopic (exact) mass is 438 g/mol. The van der Waals surface area contributed by atoms with Crippen molar-refractivity contribution >= 4 is 15.6 Å². The first-order chi connectivity index (χ1) is 13.0. The van der Waals surface area contributed by atoms with Crippen LogP contribution in [0.2, 0.25) is 0 Å². The first-order valence-electron chi connectivity index (χ1n) is 9.78. The summed E-state index contributed by atoms with van der Waals surface area (Å²) in [6, 6.07) is 0. The molecule has 1 atom stereocenters. The summed E-state index contributed by atoms with van der Waals surface area (Å²) in [5, 5.41) is 0. The number of hydrogen-bond acceptors (Lipinski definition) is 4. The van der Waals surface area contributed by atoms with Gasteiger partial charge in [-0.1, -0.05) is 62.1 Å². The third kappa shape index (κ3) is 15.4. The summed E-state index contributed by atoms with van der Waals surface area (Å²) < 4.78 is 30.3. The molecule has 0 bridgehead atoms. The van der Waals surface area contributed by atoms with Gasteiger partial charge in [0.1, 0.15) is 0 Å². The molecular weight excluding hydrogens is 402 g/mol. The Labute approximate surface area is 169 Å². The highest BCUT2D eigenvalue weighted by Gasteiger charge is 2.31. The van der Waals surface area contributed by atoms with Crippen molar-refractivity contribution < 1.29 is 32.6 Å². The summed E-state index contributed by atoms with van der Waals surface area (Å²) in [5.41, 5.74) is 3.90. The van der Waals surface area contributed by atoms with Crippen LogP contribution >= 0.6 is 15.6 Å². The minimum atomic E-state index is -5.08. The second kappa shape index (κ2) is 14.5. The second-order valence-corrected chi connectivity index (χ2v) is 9.48. The van der Waals surface area contributed by atoms with E-state index in [1.807, 2.05) is 6.92 Å². The maximum atomic E-state index is 11.4. The first-order valence-corrected chi connectivity index (χ1v) is 12.8. The molecule has 9 heteroatoms. The smallest absolute Gasteiger partial charge is 0.302 e. The van der Waals surface area contributed by atoms with Crippen LogP contribution < -0.4 is 0 Å². The summed E-state index contributed by atoms with van der Waals surface area (Å²) >= 11 is 0. The minimum Gasteiger partial charge on any atom is -0.302 e. The maximum absolute atomic E-state index is 11.4. The van der Waals surface area contributed by atoms with Crippen LogP contribution in [0.25, 0.3) is 0 Å². The van der Waals surface area contributed by atoms with Crippen molar-refractivity contribution in [1.82, 2.24) is 0 Å². The van der Waals surface area contributed by atoms with Gasteiger partial charge in [0.2, 0.25) is 0 Å². The van der Waals surface area contributed by atoms with Gasteiger partial charge in [-0.15, -0.1) is 0 Å². The Kier molecular flexibility index (Phi) is 14.2. The number of phosphoric ester groups is 1. The molecule has 0 aliphatic rings. The molecule has 0 aromatic carbocycles. The first kappa shape index (κ1) is 27.5. The van der Waals surface area contributed by atoms with E-state index < -0.39 is 15.6 Å². The van der Waals surface area contributed by atoms with Crippen LogP contribution in [0.3, 0.4) is 0 Å². The summed E-state index contributed by atoms with van der Waals surface area (Å²) in [6.45, 7) is 8.24. The van der Waals surface area contributed by atoms with Crippen molar-refractivity contribution in [3.8, 4) is 0 Å². The Balaban J connectivity index is 4.51. The van der Waals surface area contributed by atoms with Gasteiger partial charge in [0, 0.05) is 0 Å². The minimum absolute atomic E-state index is 0.247. The average Bonchev–Trinajstić information content (AvgIpc) is 2.56. The van der Waals surface area contributed by atoms with Crippen LogP contribution in [-0.4, -0.2) is 21.3 Å². The molecule has 0 saturated heterocycles. The van der Waals surface area contributed by atoms with Crippen molar-refractivity contribution in [3.63, 3.8) is 0 Å². The zero-order valence-corrected chi connectivity index (χ0v) is 19.3. The molecule has 28 heavy (non-hydrogen) atoms. The highest BCUT2D eigenvalue weighted by atomic mass is 31.3. The summed E-state index contributed by atoms with van der Waals surface area (Å²) in [6.07, 6.45) is 14.1. The van der Waals surface area contributed by atoms with Gasteiger partial charge in [-0.3, -0.25) is 4.52 Å². The molecular formula is C19H36O7P2. The molecule has 0 heterocycles. The fourth-order valence-corrected chi connectivity index (χ4v) is 4.24. The molecule has 0 aliphatic heterocycles. The van der Waals surface area contributed by atoms with E-state index >= 15 is 0 Å². The lowest BCUT2D eigenvalue weighted by Crippen LogP contribution is -1.95. The molecule has 0 saturated carbocycles. The molecule has 0 aromatic rings. The van der Waals surface area contributed by atoms with Crippen LogP contribution in [0.4, 0.5) is 0 Å². The molecule has 0 fully saturated rings. The standard InChI is InChI=1S/C19H36O7P2/c1-5-10-17(4)11-8-12-18(6-2)13-9-14-19(7-3)15-16-25-28(23,24)26-27(20,21)22/h11,13,15H,5-10,12,14,16H2,1-4H3,(H,23,24)(H2,20,21,22)/b17-11+,18-13+,19-15+. The number of rotatable bonds is 15. The average molecular weight is 438 g/mol. The normalized spacial score (nSPS) is 16.3. The Morgan fingerprint density at radius 2 is 1.39 bits per heavy atom. The van der Waals surface area contributed by atoms with Crippen LogP contribution in [0.15, 0.2) is 34.9 Å². The molecule has 1 unspecified atom stereocenters. The Morgan fingerprint density at radius 1 is 0.857 bits per heavy atom. The van der Waals surface area contributed by atoms with Crippen molar-refractivity contribution in [2.24, 2.45) is 0 Å². The van der Waals surface area contributed by atoms with Crippen LogP contribution in [0.5, 0.6) is 0 Å². The third-order valence-corrected chi connectivity index (χ3v) is 6.38. The highest BCUT2D eigenvalue weighted by molar-refractivity contribution is 7.60. The van der Waals surface area contributed by atoms with Gasteiger partial charge in [0.25, 0.3) is 0 Å². The maximum Gasteiger partial charge on any atom is 0.481 e. The fourth-order valence-electron chi connectivity index (χ4n) is 2.72. The van der Waals surface area contributed by atoms with Gasteiger partial charge in [-0.2, -0.15) is 4.31 Å². The van der Waals surface area contributed by atoms with Crippen LogP contribution in [-0.2, 0) is 18.0 Å².